The second-order valence-corrected chi connectivity index (χ2v) is 6.18. The van der Waals surface area contributed by atoms with Gasteiger partial charge in [0.05, 0.1) is 4.92 Å². The molecule has 104 valence electrons. The summed E-state index contributed by atoms with van der Waals surface area (Å²) < 4.78 is 0. The minimum atomic E-state index is -0.512. The van der Waals surface area contributed by atoms with E-state index in [-0.39, 0.29) is 22.1 Å². The molecular formula is C13H17BrN2O3. The van der Waals surface area contributed by atoms with Gasteiger partial charge in [-0.15, -0.1) is 0 Å². The van der Waals surface area contributed by atoms with Gasteiger partial charge in [-0.25, -0.2) is 0 Å². The first kappa shape index (κ1) is 15.6. The van der Waals surface area contributed by atoms with Gasteiger partial charge in [0.25, 0.3) is 11.6 Å². The van der Waals surface area contributed by atoms with E-state index in [1.807, 2.05) is 13.8 Å². The number of para-hydroxylation sites is 1. The molecule has 1 amide bonds. The highest BCUT2D eigenvalue weighted by molar-refractivity contribution is 9.09. The van der Waals surface area contributed by atoms with Crippen LogP contribution < -0.4 is 5.32 Å². The van der Waals surface area contributed by atoms with Crippen molar-refractivity contribution in [2.75, 3.05) is 0 Å². The highest BCUT2D eigenvalue weighted by Gasteiger charge is 2.23. The molecule has 1 aromatic carbocycles. The maximum atomic E-state index is 12.1. The summed E-state index contributed by atoms with van der Waals surface area (Å²) in [6.07, 6.45) is 0.755. The van der Waals surface area contributed by atoms with Gasteiger partial charge in [-0.2, -0.15) is 0 Å². The molecule has 0 fully saturated rings. The van der Waals surface area contributed by atoms with E-state index in [1.54, 1.807) is 19.1 Å². The highest BCUT2D eigenvalue weighted by Crippen LogP contribution is 2.23. The van der Waals surface area contributed by atoms with Gasteiger partial charge in [-0.3, -0.25) is 14.9 Å². The number of nitro benzene ring substituents is 1. The van der Waals surface area contributed by atoms with E-state index >= 15 is 0 Å². The zero-order chi connectivity index (χ0) is 14.6. The van der Waals surface area contributed by atoms with E-state index in [1.165, 1.54) is 6.07 Å². The second-order valence-electron chi connectivity index (χ2n) is 4.62. The fourth-order valence-electron chi connectivity index (χ4n) is 1.93. The second kappa shape index (κ2) is 6.65. The third-order valence-corrected chi connectivity index (χ3v) is 3.09. The first-order chi connectivity index (χ1) is 8.82. The smallest absolute Gasteiger partial charge is 0.285 e. The van der Waals surface area contributed by atoms with E-state index < -0.39 is 10.8 Å². The van der Waals surface area contributed by atoms with E-state index in [2.05, 4.69) is 21.2 Å². The fraction of sp³-hybridized carbons (Fsp3) is 0.462. The van der Waals surface area contributed by atoms with Crippen molar-refractivity contribution in [1.82, 2.24) is 5.32 Å². The lowest BCUT2D eigenvalue weighted by Gasteiger charge is -2.15. The van der Waals surface area contributed by atoms with E-state index in [0.717, 1.165) is 6.42 Å². The molecule has 5 nitrogen and oxygen atoms in total. The Balaban J connectivity index is 2.94. The molecule has 0 saturated heterocycles. The zero-order valence-electron chi connectivity index (χ0n) is 11.1. The molecule has 6 heteroatoms. The third-order valence-electron chi connectivity index (χ3n) is 2.72. The maximum absolute atomic E-state index is 12.1. The standard InChI is InChI=1S/C13H17BrN2O3/c1-8-5-4-6-11(12(8)16(18)19)13(17)15-10(3)7-9(2)14/h4-6,9-10H,7H2,1-3H3,(H,15,17). The summed E-state index contributed by atoms with van der Waals surface area (Å²) in [7, 11) is 0. The number of nitro groups is 1. The van der Waals surface area contributed by atoms with Crippen molar-refractivity contribution in [2.45, 2.75) is 38.1 Å². The van der Waals surface area contributed by atoms with Crippen LogP contribution in [0.2, 0.25) is 0 Å². The van der Waals surface area contributed by atoms with Crippen molar-refractivity contribution in [2.24, 2.45) is 0 Å². The number of rotatable bonds is 5. The number of hydrogen-bond donors (Lipinski definition) is 1. The monoisotopic (exact) mass is 328 g/mol. The lowest BCUT2D eigenvalue weighted by atomic mass is 10.1. The van der Waals surface area contributed by atoms with E-state index in [0.29, 0.717) is 5.56 Å². The van der Waals surface area contributed by atoms with E-state index in [4.69, 9.17) is 0 Å². The maximum Gasteiger partial charge on any atom is 0.285 e. The lowest BCUT2D eigenvalue weighted by molar-refractivity contribution is -0.385. The van der Waals surface area contributed by atoms with Gasteiger partial charge < -0.3 is 5.32 Å². The van der Waals surface area contributed by atoms with Gasteiger partial charge in [0.1, 0.15) is 5.56 Å². The van der Waals surface area contributed by atoms with Crippen molar-refractivity contribution < 1.29 is 9.72 Å². The van der Waals surface area contributed by atoms with Crippen LogP contribution in [0, 0.1) is 17.0 Å². The van der Waals surface area contributed by atoms with Crippen LogP contribution >= 0.6 is 15.9 Å². The van der Waals surface area contributed by atoms with Gasteiger partial charge in [0, 0.05) is 16.4 Å². The average Bonchev–Trinajstić information content (AvgIpc) is 2.26. The molecule has 19 heavy (non-hydrogen) atoms. The molecule has 0 aromatic heterocycles. The van der Waals surface area contributed by atoms with Gasteiger partial charge in [0.2, 0.25) is 0 Å². The summed E-state index contributed by atoms with van der Waals surface area (Å²) in [6, 6.07) is 4.69. The average molecular weight is 329 g/mol. The Kier molecular flexibility index (Phi) is 5.47. The predicted octanol–water partition coefficient (Wildman–Crippen LogP) is 3.20. The van der Waals surface area contributed by atoms with Crippen molar-refractivity contribution in [1.29, 1.82) is 0 Å². The van der Waals surface area contributed by atoms with Crippen molar-refractivity contribution in [3.05, 3.63) is 39.4 Å². The topological polar surface area (TPSA) is 72.2 Å². The molecule has 0 radical (unpaired) electrons. The lowest BCUT2D eigenvalue weighted by Crippen LogP contribution is -2.34. The van der Waals surface area contributed by atoms with Crippen LogP contribution in [0.5, 0.6) is 0 Å². The number of nitrogens with one attached hydrogen (secondary N) is 1. The molecule has 0 spiro atoms. The largest absolute Gasteiger partial charge is 0.349 e. The van der Waals surface area contributed by atoms with E-state index in [9.17, 15) is 14.9 Å². The number of hydrogen-bond acceptors (Lipinski definition) is 3. The van der Waals surface area contributed by atoms with Crippen LogP contribution in [0.1, 0.15) is 36.2 Å². The molecule has 0 heterocycles. The van der Waals surface area contributed by atoms with Crippen LogP contribution in [-0.2, 0) is 0 Å². The summed E-state index contributed by atoms with van der Waals surface area (Å²) in [4.78, 5) is 22.9. The molecule has 0 aliphatic carbocycles. The Morgan fingerprint density at radius 1 is 1.47 bits per heavy atom. The highest BCUT2D eigenvalue weighted by atomic mass is 79.9. The minimum absolute atomic E-state index is 0.0537. The van der Waals surface area contributed by atoms with Crippen LogP contribution in [-0.4, -0.2) is 21.7 Å². The summed E-state index contributed by atoms with van der Waals surface area (Å²) in [5.74, 6) is -0.406. The minimum Gasteiger partial charge on any atom is -0.349 e. The molecule has 2 atom stereocenters. The first-order valence-corrected chi connectivity index (χ1v) is 6.93. The van der Waals surface area contributed by atoms with Crippen molar-refractivity contribution in [3.8, 4) is 0 Å². The molecule has 0 aliphatic heterocycles. The fourth-order valence-corrected chi connectivity index (χ4v) is 2.49. The molecular weight excluding hydrogens is 312 g/mol. The molecule has 1 rings (SSSR count). The number of amides is 1. The number of alkyl halides is 1. The van der Waals surface area contributed by atoms with Crippen LogP contribution in [0.25, 0.3) is 0 Å². The third kappa shape index (κ3) is 4.31. The normalized spacial score (nSPS) is 13.7. The summed E-state index contributed by atoms with van der Waals surface area (Å²) >= 11 is 3.41. The van der Waals surface area contributed by atoms with Gasteiger partial charge in [-0.1, -0.05) is 35.0 Å². The number of halogens is 1. The van der Waals surface area contributed by atoms with Crippen molar-refractivity contribution in [3.63, 3.8) is 0 Å². The first-order valence-electron chi connectivity index (χ1n) is 6.01. The van der Waals surface area contributed by atoms with Crippen LogP contribution in [0.15, 0.2) is 18.2 Å². The van der Waals surface area contributed by atoms with Crippen LogP contribution in [0.4, 0.5) is 5.69 Å². The molecule has 1 N–H and O–H groups in total. The van der Waals surface area contributed by atoms with Gasteiger partial charge in [-0.05, 0) is 26.3 Å². The number of carbonyl (C=O) groups excluding carboxylic acids is 1. The molecule has 0 bridgehead atoms. The van der Waals surface area contributed by atoms with Gasteiger partial charge >= 0.3 is 0 Å². The molecule has 2 unspecified atom stereocenters. The Morgan fingerprint density at radius 3 is 2.63 bits per heavy atom. The Labute approximate surface area is 120 Å². The SMILES string of the molecule is Cc1cccc(C(=O)NC(C)CC(C)Br)c1[N+](=O)[O-]. The quantitative estimate of drug-likeness (QED) is 0.512. The molecule has 0 aliphatic rings. The molecule has 1 aromatic rings. The summed E-state index contributed by atoms with van der Waals surface area (Å²) in [5, 5.41) is 13.8. The Morgan fingerprint density at radius 2 is 2.11 bits per heavy atom. The van der Waals surface area contributed by atoms with Crippen molar-refractivity contribution >= 4 is 27.5 Å². The number of benzene rings is 1. The summed E-state index contributed by atoms with van der Waals surface area (Å²) in [5.41, 5.74) is 0.470. The molecule has 0 saturated carbocycles. The van der Waals surface area contributed by atoms with Gasteiger partial charge in [0.15, 0.2) is 0 Å². The number of carbonyl (C=O) groups is 1. The van der Waals surface area contributed by atoms with Crippen LogP contribution in [0.3, 0.4) is 0 Å². The number of nitrogens with zero attached hydrogens (tertiary/aromatic N) is 1. The number of aryl methyl sites for hydroxylation is 1. The summed E-state index contributed by atoms with van der Waals surface area (Å²) in [6.45, 7) is 5.48. The Hall–Kier alpha value is -1.43. The zero-order valence-corrected chi connectivity index (χ0v) is 12.7. The Bertz CT molecular complexity index is 489. The predicted molar refractivity (Wildman–Crippen MR) is 77.8 cm³/mol.